The van der Waals surface area contributed by atoms with Crippen LogP contribution in [0.15, 0.2) is 53.3 Å². The van der Waals surface area contributed by atoms with E-state index in [1.165, 1.54) is 18.2 Å². The van der Waals surface area contributed by atoms with Crippen molar-refractivity contribution in [1.29, 1.82) is 0 Å². The van der Waals surface area contributed by atoms with Gasteiger partial charge in [0.05, 0.1) is 11.2 Å². The minimum Gasteiger partial charge on any atom is -0.358 e. The number of carbonyl (C=O) groups is 1. The number of amides is 1. The number of nitrogens with one attached hydrogen (secondary N) is 2. The topological polar surface area (TPSA) is 74.8 Å². The Morgan fingerprint density at radius 2 is 1.85 bits per heavy atom. The van der Waals surface area contributed by atoms with Gasteiger partial charge in [0.1, 0.15) is 5.82 Å². The van der Waals surface area contributed by atoms with Crippen molar-refractivity contribution in [2.45, 2.75) is 13.8 Å². The summed E-state index contributed by atoms with van der Waals surface area (Å²) < 4.78 is 13.7. The van der Waals surface area contributed by atoms with Crippen molar-refractivity contribution in [2.24, 2.45) is 0 Å². The summed E-state index contributed by atoms with van der Waals surface area (Å²) in [6.45, 7) is 3.60. The fourth-order valence-corrected chi connectivity index (χ4v) is 3.15. The molecule has 2 aromatic heterocycles. The predicted octanol–water partition coefficient (Wildman–Crippen LogP) is 4.08. The second-order valence-electron chi connectivity index (χ2n) is 6.50. The van der Waals surface area contributed by atoms with Gasteiger partial charge in [0.15, 0.2) is 5.43 Å². The molecular formula is C21H16FN3O2. The van der Waals surface area contributed by atoms with E-state index >= 15 is 0 Å². The maximum absolute atomic E-state index is 13.7. The fourth-order valence-electron chi connectivity index (χ4n) is 3.15. The Morgan fingerprint density at radius 1 is 1.04 bits per heavy atom. The maximum atomic E-state index is 13.7. The van der Waals surface area contributed by atoms with Gasteiger partial charge in [-0.05, 0) is 56.3 Å². The van der Waals surface area contributed by atoms with Crippen LogP contribution in [0.5, 0.6) is 0 Å². The first-order valence-corrected chi connectivity index (χ1v) is 8.43. The number of aromatic nitrogens is 2. The number of halogens is 1. The SMILES string of the molecule is Cc1cc(NC(=O)c2ccc3[nH]c(C)cc(=O)c3c2)c2cc(F)ccc2n1. The van der Waals surface area contributed by atoms with Crippen LogP contribution in [0.25, 0.3) is 21.8 Å². The molecule has 2 N–H and O–H groups in total. The van der Waals surface area contributed by atoms with E-state index in [4.69, 9.17) is 0 Å². The third-order valence-electron chi connectivity index (χ3n) is 4.37. The summed E-state index contributed by atoms with van der Waals surface area (Å²) in [5, 5.41) is 3.76. The van der Waals surface area contributed by atoms with Crippen molar-refractivity contribution >= 4 is 33.4 Å². The van der Waals surface area contributed by atoms with Crippen LogP contribution in [0.1, 0.15) is 21.7 Å². The molecule has 0 unspecified atom stereocenters. The lowest BCUT2D eigenvalue weighted by Gasteiger charge is -2.10. The molecule has 0 saturated carbocycles. The van der Waals surface area contributed by atoms with Gasteiger partial charge >= 0.3 is 0 Å². The fraction of sp³-hybridized carbons (Fsp3) is 0.0952. The number of hydrogen-bond donors (Lipinski definition) is 2. The summed E-state index contributed by atoms with van der Waals surface area (Å²) in [5.41, 5.74) is 3.39. The molecule has 134 valence electrons. The van der Waals surface area contributed by atoms with Gasteiger partial charge in [-0.2, -0.15) is 0 Å². The average Bonchev–Trinajstić information content (AvgIpc) is 2.62. The van der Waals surface area contributed by atoms with Crippen LogP contribution in [-0.2, 0) is 0 Å². The summed E-state index contributed by atoms with van der Waals surface area (Å²) in [6, 6.07) is 12.3. The molecule has 1 amide bonds. The Kier molecular flexibility index (Phi) is 3.96. The zero-order chi connectivity index (χ0) is 19.1. The number of carbonyl (C=O) groups excluding carboxylic acids is 1. The van der Waals surface area contributed by atoms with E-state index in [0.717, 1.165) is 5.69 Å². The van der Waals surface area contributed by atoms with Crippen molar-refractivity contribution in [3.63, 3.8) is 0 Å². The minimum absolute atomic E-state index is 0.150. The summed E-state index contributed by atoms with van der Waals surface area (Å²) in [7, 11) is 0. The Balaban J connectivity index is 1.76. The molecule has 0 spiro atoms. The zero-order valence-corrected chi connectivity index (χ0v) is 14.8. The van der Waals surface area contributed by atoms with Gasteiger partial charge in [0.25, 0.3) is 5.91 Å². The van der Waals surface area contributed by atoms with E-state index in [1.54, 1.807) is 44.2 Å². The van der Waals surface area contributed by atoms with Crippen LogP contribution in [0.2, 0.25) is 0 Å². The molecule has 0 aliphatic carbocycles. The summed E-state index contributed by atoms with van der Waals surface area (Å²) in [6.07, 6.45) is 0. The largest absolute Gasteiger partial charge is 0.358 e. The number of benzene rings is 2. The smallest absolute Gasteiger partial charge is 0.255 e. The van der Waals surface area contributed by atoms with E-state index in [-0.39, 0.29) is 11.3 Å². The Bertz CT molecular complexity index is 1280. The van der Waals surface area contributed by atoms with Crippen LogP contribution in [0.4, 0.5) is 10.1 Å². The Hall–Kier alpha value is -3.54. The summed E-state index contributed by atoms with van der Waals surface area (Å²) >= 11 is 0. The van der Waals surface area contributed by atoms with Crippen molar-refractivity contribution in [1.82, 2.24) is 9.97 Å². The number of nitrogens with zero attached hydrogens (tertiary/aromatic N) is 1. The average molecular weight is 361 g/mol. The third kappa shape index (κ3) is 3.17. The maximum Gasteiger partial charge on any atom is 0.255 e. The molecule has 0 saturated heterocycles. The molecule has 4 rings (SSSR count). The second-order valence-corrected chi connectivity index (χ2v) is 6.50. The van der Waals surface area contributed by atoms with Crippen LogP contribution in [-0.4, -0.2) is 15.9 Å². The van der Waals surface area contributed by atoms with E-state index in [1.807, 2.05) is 0 Å². The van der Waals surface area contributed by atoms with E-state index in [9.17, 15) is 14.0 Å². The highest BCUT2D eigenvalue weighted by Gasteiger charge is 2.12. The second kappa shape index (κ2) is 6.32. The van der Waals surface area contributed by atoms with Gasteiger partial charge < -0.3 is 10.3 Å². The molecule has 4 aromatic rings. The number of pyridine rings is 2. The number of hydrogen-bond acceptors (Lipinski definition) is 3. The van der Waals surface area contributed by atoms with Gasteiger partial charge in [-0.1, -0.05) is 0 Å². The van der Waals surface area contributed by atoms with E-state index < -0.39 is 5.82 Å². The standard InChI is InChI=1S/C21H16FN3O2/c1-11-7-19(15-10-14(22)4-6-17(15)23-11)25-21(27)13-3-5-18-16(9-13)20(26)8-12(2)24-18/h3-10H,1-2H3,(H,24,26)(H,23,25,27). The molecule has 2 aromatic carbocycles. The Labute approximate surface area is 153 Å². The molecule has 27 heavy (non-hydrogen) atoms. The molecule has 0 fully saturated rings. The lowest BCUT2D eigenvalue weighted by atomic mass is 10.1. The predicted molar refractivity (Wildman–Crippen MR) is 104 cm³/mol. The van der Waals surface area contributed by atoms with Crippen molar-refractivity contribution in [3.05, 3.63) is 81.5 Å². The van der Waals surface area contributed by atoms with Crippen LogP contribution in [0, 0.1) is 19.7 Å². The number of H-pyrrole nitrogens is 1. The number of rotatable bonds is 2. The molecule has 0 radical (unpaired) electrons. The van der Waals surface area contributed by atoms with Gasteiger partial charge in [0, 0.05) is 39.3 Å². The normalized spacial score (nSPS) is 11.1. The van der Waals surface area contributed by atoms with Gasteiger partial charge in [-0.15, -0.1) is 0 Å². The highest BCUT2D eigenvalue weighted by Crippen LogP contribution is 2.25. The molecule has 0 atom stereocenters. The molecule has 2 heterocycles. The summed E-state index contributed by atoms with van der Waals surface area (Å²) in [4.78, 5) is 32.4. The number of fused-ring (bicyclic) bond motifs is 2. The van der Waals surface area contributed by atoms with Crippen LogP contribution in [0.3, 0.4) is 0 Å². The van der Waals surface area contributed by atoms with Gasteiger partial charge in [-0.3, -0.25) is 14.6 Å². The molecule has 0 bridgehead atoms. The molecule has 0 aliphatic rings. The molecule has 5 nitrogen and oxygen atoms in total. The number of aryl methyl sites for hydroxylation is 2. The van der Waals surface area contributed by atoms with E-state index in [0.29, 0.717) is 38.8 Å². The Morgan fingerprint density at radius 3 is 2.67 bits per heavy atom. The lowest BCUT2D eigenvalue weighted by Crippen LogP contribution is -2.14. The first kappa shape index (κ1) is 16.9. The van der Waals surface area contributed by atoms with Crippen molar-refractivity contribution in [2.75, 3.05) is 5.32 Å². The van der Waals surface area contributed by atoms with Crippen molar-refractivity contribution < 1.29 is 9.18 Å². The number of aromatic amines is 1. The monoisotopic (exact) mass is 361 g/mol. The summed E-state index contributed by atoms with van der Waals surface area (Å²) in [5.74, 6) is -0.788. The highest BCUT2D eigenvalue weighted by atomic mass is 19.1. The molecular weight excluding hydrogens is 345 g/mol. The van der Waals surface area contributed by atoms with Gasteiger partial charge in [-0.25, -0.2) is 4.39 Å². The first-order valence-electron chi connectivity index (χ1n) is 8.43. The van der Waals surface area contributed by atoms with Gasteiger partial charge in [0.2, 0.25) is 0 Å². The minimum atomic E-state index is -0.406. The van der Waals surface area contributed by atoms with Crippen LogP contribution >= 0.6 is 0 Å². The third-order valence-corrected chi connectivity index (χ3v) is 4.37. The lowest BCUT2D eigenvalue weighted by molar-refractivity contribution is 0.102. The molecule has 0 aliphatic heterocycles. The number of anilines is 1. The van der Waals surface area contributed by atoms with Crippen LogP contribution < -0.4 is 10.7 Å². The highest BCUT2D eigenvalue weighted by molar-refractivity contribution is 6.09. The van der Waals surface area contributed by atoms with Crippen molar-refractivity contribution in [3.8, 4) is 0 Å². The first-order chi connectivity index (χ1) is 12.9. The van der Waals surface area contributed by atoms with E-state index in [2.05, 4.69) is 15.3 Å². The zero-order valence-electron chi connectivity index (χ0n) is 14.8. The quantitative estimate of drug-likeness (QED) is 0.565. The molecule has 6 heteroatoms.